The van der Waals surface area contributed by atoms with Gasteiger partial charge in [0.2, 0.25) is 5.95 Å². The molecule has 2 aromatic heterocycles. The number of imidazole rings is 1. The molecule has 22 heavy (non-hydrogen) atoms. The number of nitrogens with zero attached hydrogens (tertiary/aromatic N) is 2. The van der Waals surface area contributed by atoms with Crippen molar-refractivity contribution in [1.29, 1.82) is 0 Å². The zero-order valence-electron chi connectivity index (χ0n) is 11.0. The Morgan fingerprint density at radius 3 is 2.50 bits per heavy atom. The molecule has 1 N–H and O–H groups in total. The Morgan fingerprint density at radius 1 is 0.955 bits per heavy atom. The summed E-state index contributed by atoms with van der Waals surface area (Å²) in [5.74, 6) is -0.679. The molecule has 0 radical (unpaired) electrons. The number of alkyl halides is 3. The standard InChI is InChI=1S/C15H9F4N3/c16-12-7-10(4-5-20-12)14-13(21-8-22-14)9-2-1-3-11(6-9)15(17,18)19/h1-8H,(H,21,22). The van der Waals surface area contributed by atoms with E-state index in [1.807, 2.05) is 0 Å². The summed E-state index contributed by atoms with van der Waals surface area (Å²) in [5.41, 5.74) is 0.734. The van der Waals surface area contributed by atoms with Crippen molar-refractivity contribution in [3.05, 3.63) is 60.4 Å². The van der Waals surface area contributed by atoms with Crippen molar-refractivity contribution < 1.29 is 17.6 Å². The van der Waals surface area contributed by atoms with Crippen molar-refractivity contribution in [3.8, 4) is 22.5 Å². The highest BCUT2D eigenvalue weighted by Gasteiger charge is 2.30. The molecule has 0 atom stereocenters. The molecular weight excluding hydrogens is 298 g/mol. The molecule has 7 heteroatoms. The Labute approximate surface area is 122 Å². The van der Waals surface area contributed by atoms with Gasteiger partial charge in [-0.1, -0.05) is 12.1 Å². The van der Waals surface area contributed by atoms with E-state index in [2.05, 4.69) is 15.0 Å². The monoisotopic (exact) mass is 307 g/mol. The first-order chi connectivity index (χ1) is 10.4. The molecule has 0 saturated carbocycles. The summed E-state index contributed by atoms with van der Waals surface area (Å²) in [5, 5.41) is 0. The van der Waals surface area contributed by atoms with E-state index in [4.69, 9.17) is 0 Å². The number of aromatic nitrogens is 3. The highest BCUT2D eigenvalue weighted by Crippen LogP contribution is 2.34. The van der Waals surface area contributed by atoms with E-state index >= 15 is 0 Å². The Morgan fingerprint density at radius 2 is 1.77 bits per heavy atom. The van der Waals surface area contributed by atoms with Crippen LogP contribution in [0.5, 0.6) is 0 Å². The zero-order valence-corrected chi connectivity index (χ0v) is 11.0. The molecule has 0 spiro atoms. The predicted octanol–water partition coefficient (Wildman–Crippen LogP) is 4.30. The van der Waals surface area contributed by atoms with Crippen molar-refractivity contribution in [1.82, 2.24) is 15.0 Å². The van der Waals surface area contributed by atoms with Crippen molar-refractivity contribution in [2.45, 2.75) is 6.18 Å². The van der Waals surface area contributed by atoms with E-state index in [1.165, 1.54) is 30.7 Å². The molecule has 3 aromatic rings. The van der Waals surface area contributed by atoms with Crippen molar-refractivity contribution >= 4 is 0 Å². The first kappa shape index (κ1) is 14.2. The van der Waals surface area contributed by atoms with Gasteiger partial charge in [0.15, 0.2) is 0 Å². The molecule has 1 aromatic carbocycles. The molecule has 3 nitrogen and oxygen atoms in total. The number of hydrogen-bond donors (Lipinski definition) is 1. The minimum absolute atomic E-state index is 0.295. The molecule has 0 bridgehead atoms. The molecule has 0 amide bonds. The zero-order chi connectivity index (χ0) is 15.7. The van der Waals surface area contributed by atoms with Gasteiger partial charge in [-0.25, -0.2) is 9.97 Å². The van der Waals surface area contributed by atoms with Crippen LogP contribution in [0.1, 0.15) is 5.56 Å². The second-order valence-electron chi connectivity index (χ2n) is 4.57. The maximum absolute atomic E-state index is 13.2. The lowest BCUT2D eigenvalue weighted by molar-refractivity contribution is -0.137. The number of pyridine rings is 1. The van der Waals surface area contributed by atoms with Gasteiger partial charge in [-0.05, 0) is 18.2 Å². The molecule has 0 saturated heterocycles. The molecule has 112 valence electrons. The fraction of sp³-hybridized carbons (Fsp3) is 0.0667. The number of H-pyrrole nitrogens is 1. The van der Waals surface area contributed by atoms with Crippen LogP contribution >= 0.6 is 0 Å². The third-order valence-corrected chi connectivity index (χ3v) is 3.12. The normalized spacial score (nSPS) is 11.6. The van der Waals surface area contributed by atoms with Crippen molar-refractivity contribution in [2.24, 2.45) is 0 Å². The quantitative estimate of drug-likeness (QED) is 0.566. The van der Waals surface area contributed by atoms with Crippen LogP contribution in [0.25, 0.3) is 22.5 Å². The Bertz CT molecular complexity index is 808. The van der Waals surface area contributed by atoms with Crippen LogP contribution in [0.15, 0.2) is 48.9 Å². The number of benzene rings is 1. The molecule has 3 rings (SSSR count). The average molecular weight is 307 g/mol. The van der Waals surface area contributed by atoms with Gasteiger partial charge in [0, 0.05) is 23.4 Å². The SMILES string of the molecule is Fc1cc(-c2[nH]cnc2-c2cccc(C(F)(F)F)c2)ccn1. The van der Waals surface area contributed by atoms with Crippen LogP contribution < -0.4 is 0 Å². The maximum atomic E-state index is 13.2. The second kappa shape index (κ2) is 5.25. The largest absolute Gasteiger partial charge is 0.416 e. The van der Waals surface area contributed by atoms with Gasteiger partial charge in [0.25, 0.3) is 0 Å². The predicted molar refractivity (Wildman–Crippen MR) is 72.2 cm³/mol. The third-order valence-electron chi connectivity index (χ3n) is 3.12. The highest BCUT2D eigenvalue weighted by atomic mass is 19.4. The fourth-order valence-corrected chi connectivity index (χ4v) is 2.13. The highest BCUT2D eigenvalue weighted by molar-refractivity contribution is 5.78. The number of nitrogens with one attached hydrogen (secondary N) is 1. The first-order valence-corrected chi connectivity index (χ1v) is 6.28. The van der Waals surface area contributed by atoms with E-state index in [9.17, 15) is 17.6 Å². The topological polar surface area (TPSA) is 41.6 Å². The third kappa shape index (κ3) is 2.69. The summed E-state index contributed by atoms with van der Waals surface area (Å²) in [4.78, 5) is 10.3. The van der Waals surface area contributed by atoms with Crippen LogP contribution in [-0.2, 0) is 6.18 Å². The Kier molecular flexibility index (Phi) is 3.40. The van der Waals surface area contributed by atoms with Gasteiger partial charge in [-0.15, -0.1) is 0 Å². The molecule has 0 aliphatic carbocycles. The fourth-order valence-electron chi connectivity index (χ4n) is 2.13. The number of rotatable bonds is 2. The van der Waals surface area contributed by atoms with Crippen molar-refractivity contribution in [3.63, 3.8) is 0 Å². The van der Waals surface area contributed by atoms with Gasteiger partial charge in [0.05, 0.1) is 23.3 Å². The first-order valence-electron chi connectivity index (χ1n) is 6.28. The van der Waals surface area contributed by atoms with E-state index in [0.717, 1.165) is 12.1 Å². The lowest BCUT2D eigenvalue weighted by Crippen LogP contribution is -2.04. The summed E-state index contributed by atoms with van der Waals surface area (Å²) in [6.07, 6.45) is -1.81. The van der Waals surface area contributed by atoms with Gasteiger partial charge in [-0.3, -0.25) is 0 Å². The number of aromatic amines is 1. The van der Waals surface area contributed by atoms with E-state index in [0.29, 0.717) is 22.5 Å². The molecular formula is C15H9F4N3. The van der Waals surface area contributed by atoms with Gasteiger partial charge < -0.3 is 4.98 Å². The van der Waals surface area contributed by atoms with Gasteiger partial charge >= 0.3 is 6.18 Å². The van der Waals surface area contributed by atoms with Crippen LogP contribution in [0.2, 0.25) is 0 Å². The number of hydrogen-bond acceptors (Lipinski definition) is 2. The van der Waals surface area contributed by atoms with E-state index < -0.39 is 17.7 Å². The molecule has 2 heterocycles. The Hall–Kier alpha value is -2.70. The molecule has 0 aliphatic rings. The van der Waals surface area contributed by atoms with E-state index in [-0.39, 0.29) is 0 Å². The summed E-state index contributed by atoms with van der Waals surface area (Å²) in [6.45, 7) is 0. The van der Waals surface area contributed by atoms with Crippen LogP contribution in [0, 0.1) is 5.95 Å². The molecule has 0 unspecified atom stereocenters. The minimum atomic E-state index is -4.44. The van der Waals surface area contributed by atoms with Crippen LogP contribution in [0.4, 0.5) is 17.6 Å². The lowest BCUT2D eigenvalue weighted by Gasteiger charge is -2.09. The number of halogens is 4. The average Bonchev–Trinajstić information content (AvgIpc) is 2.96. The summed E-state index contributed by atoms with van der Waals surface area (Å²) in [7, 11) is 0. The van der Waals surface area contributed by atoms with Crippen LogP contribution in [0.3, 0.4) is 0 Å². The smallest absolute Gasteiger partial charge is 0.344 e. The lowest BCUT2D eigenvalue weighted by atomic mass is 10.0. The molecule has 0 aliphatic heterocycles. The minimum Gasteiger partial charge on any atom is -0.344 e. The van der Waals surface area contributed by atoms with Gasteiger partial charge in [-0.2, -0.15) is 17.6 Å². The second-order valence-corrected chi connectivity index (χ2v) is 4.57. The summed E-state index contributed by atoms with van der Waals surface area (Å²) in [6, 6.07) is 7.56. The summed E-state index contributed by atoms with van der Waals surface area (Å²) >= 11 is 0. The molecule has 0 fully saturated rings. The Balaban J connectivity index is 2.10. The van der Waals surface area contributed by atoms with Crippen LogP contribution in [-0.4, -0.2) is 15.0 Å². The van der Waals surface area contributed by atoms with Crippen molar-refractivity contribution in [2.75, 3.05) is 0 Å². The summed E-state index contributed by atoms with van der Waals surface area (Å²) < 4.78 is 51.6. The van der Waals surface area contributed by atoms with E-state index in [1.54, 1.807) is 6.07 Å². The maximum Gasteiger partial charge on any atom is 0.416 e. The van der Waals surface area contributed by atoms with Gasteiger partial charge in [0.1, 0.15) is 0 Å².